The lowest BCUT2D eigenvalue weighted by Crippen LogP contribution is -2.29. The Balaban J connectivity index is 1.70. The predicted molar refractivity (Wildman–Crippen MR) is 96.2 cm³/mol. The molecule has 2 rings (SSSR count). The molecule has 0 fully saturated rings. The van der Waals surface area contributed by atoms with Crippen LogP contribution >= 0.6 is 12.2 Å². The molecule has 0 amide bonds. The molecule has 0 saturated heterocycles. The second kappa shape index (κ2) is 8.54. The van der Waals surface area contributed by atoms with Gasteiger partial charge < -0.3 is 15.2 Å². The first-order valence-corrected chi connectivity index (χ1v) is 8.20. The molecule has 1 heterocycles. The van der Waals surface area contributed by atoms with Crippen LogP contribution in [0.2, 0.25) is 0 Å². The van der Waals surface area contributed by atoms with Crippen molar-refractivity contribution in [3.63, 3.8) is 0 Å². The highest BCUT2D eigenvalue weighted by Crippen LogP contribution is 2.20. The van der Waals surface area contributed by atoms with Crippen molar-refractivity contribution in [3.05, 3.63) is 48.5 Å². The third kappa shape index (κ3) is 5.15. The van der Waals surface area contributed by atoms with Crippen LogP contribution in [0, 0.1) is 0 Å². The van der Waals surface area contributed by atoms with Gasteiger partial charge in [0, 0.05) is 31.2 Å². The molecule has 5 heteroatoms. The number of thiocarbonyl (C=S) groups is 1. The molecule has 2 aromatic rings. The van der Waals surface area contributed by atoms with Gasteiger partial charge in [-0.1, -0.05) is 26.0 Å². The molecule has 2 N–H and O–H groups in total. The standard InChI is InChI=1S/C17H24N4S/c1-3-14(2)15-5-7-16(8-6-15)20-17(22)19-9-4-11-21-12-10-18-13-21/h5-8,10,12-14H,3-4,9,11H2,1-2H3,(H2,19,20,22). The van der Waals surface area contributed by atoms with Gasteiger partial charge in [0.2, 0.25) is 0 Å². The van der Waals surface area contributed by atoms with Crippen molar-refractivity contribution in [2.45, 2.75) is 39.2 Å². The molecule has 22 heavy (non-hydrogen) atoms. The van der Waals surface area contributed by atoms with E-state index in [1.54, 1.807) is 6.20 Å². The van der Waals surface area contributed by atoms with Crippen molar-refractivity contribution >= 4 is 23.0 Å². The molecule has 4 nitrogen and oxygen atoms in total. The molecule has 118 valence electrons. The summed E-state index contributed by atoms with van der Waals surface area (Å²) in [5, 5.41) is 7.12. The summed E-state index contributed by atoms with van der Waals surface area (Å²) in [6, 6.07) is 8.50. The summed E-state index contributed by atoms with van der Waals surface area (Å²) < 4.78 is 2.06. The first-order chi connectivity index (χ1) is 10.7. The van der Waals surface area contributed by atoms with Crippen LogP contribution in [0.5, 0.6) is 0 Å². The molecule has 0 radical (unpaired) electrons. The number of anilines is 1. The normalized spacial score (nSPS) is 11.9. The molecule has 1 unspecified atom stereocenters. The Morgan fingerprint density at radius 1 is 1.32 bits per heavy atom. The van der Waals surface area contributed by atoms with Crippen LogP contribution in [-0.4, -0.2) is 21.2 Å². The van der Waals surface area contributed by atoms with E-state index in [1.165, 1.54) is 5.56 Å². The highest BCUT2D eigenvalue weighted by atomic mass is 32.1. The van der Waals surface area contributed by atoms with E-state index >= 15 is 0 Å². The number of imidazole rings is 1. The molecule has 0 saturated carbocycles. The van der Waals surface area contributed by atoms with Gasteiger partial charge in [-0.25, -0.2) is 4.98 Å². The Morgan fingerprint density at radius 3 is 2.73 bits per heavy atom. The molecule has 1 aromatic heterocycles. The van der Waals surface area contributed by atoms with Crippen molar-refractivity contribution in [2.75, 3.05) is 11.9 Å². The lowest BCUT2D eigenvalue weighted by atomic mass is 9.99. The number of aryl methyl sites for hydroxylation is 1. The molecular weight excluding hydrogens is 292 g/mol. The smallest absolute Gasteiger partial charge is 0.170 e. The Hall–Kier alpha value is -1.88. The summed E-state index contributed by atoms with van der Waals surface area (Å²) in [6.45, 7) is 6.24. The van der Waals surface area contributed by atoms with Gasteiger partial charge in [-0.3, -0.25) is 0 Å². The number of hydrogen-bond acceptors (Lipinski definition) is 2. The van der Waals surface area contributed by atoms with Crippen molar-refractivity contribution in [2.24, 2.45) is 0 Å². The summed E-state index contributed by atoms with van der Waals surface area (Å²) >= 11 is 5.32. The summed E-state index contributed by atoms with van der Waals surface area (Å²) in [4.78, 5) is 4.02. The average molecular weight is 316 g/mol. The van der Waals surface area contributed by atoms with E-state index in [0.717, 1.165) is 31.6 Å². The van der Waals surface area contributed by atoms with Gasteiger partial charge in [0.15, 0.2) is 5.11 Å². The van der Waals surface area contributed by atoms with Crippen LogP contribution in [-0.2, 0) is 6.54 Å². The van der Waals surface area contributed by atoms with E-state index < -0.39 is 0 Å². The zero-order valence-corrected chi connectivity index (χ0v) is 14.1. The van der Waals surface area contributed by atoms with E-state index in [1.807, 2.05) is 12.5 Å². The van der Waals surface area contributed by atoms with E-state index in [2.05, 4.69) is 58.3 Å². The Morgan fingerprint density at radius 2 is 2.09 bits per heavy atom. The number of rotatable bonds is 7. The van der Waals surface area contributed by atoms with Gasteiger partial charge in [-0.05, 0) is 48.7 Å². The minimum atomic E-state index is 0.599. The minimum absolute atomic E-state index is 0.599. The van der Waals surface area contributed by atoms with Gasteiger partial charge in [0.05, 0.1) is 6.33 Å². The van der Waals surface area contributed by atoms with Crippen molar-refractivity contribution in [1.82, 2.24) is 14.9 Å². The Kier molecular flexibility index (Phi) is 6.40. The van der Waals surface area contributed by atoms with E-state index in [4.69, 9.17) is 12.2 Å². The maximum Gasteiger partial charge on any atom is 0.170 e. The molecule has 1 aromatic carbocycles. The van der Waals surface area contributed by atoms with Crippen LogP contribution in [0.4, 0.5) is 5.69 Å². The lowest BCUT2D eigenvalue weighted by Gasteiger charge is -2.13. The molecular formula is C17H24N4S. The topological polar surface area (TPSA) is 41.9 Å². The van der Waals surface area contributed by atoms with Crippen LogP contribution in [0.1, 0.15) is 38.2 Å². The average Bonchev–Trinajstić information content (AvgIpc) is 3.05. The first kappa shape index (κ1) is 16.5. The summed E-state index contributed by atoms with van der Waals surface area (Å²) in [7, 11) is 0. The number of nitrogens with zero attached hydrogens (tertiary/aromatic N) is 2. The third-order valence-corrected chi connectivity index (χ3v) is 4.03. The van der Waals surface area contributed by atoms with Gasteiger partial charge in [-0.2, -0.15) is 0 Å². The van der Waals surface area contributed by atoms with Crippen molar-refractivity contribution < 1.29 is 0 Å². The second-order valence-electron chi connectivity index (χ2n) is 5.47. The molecule has 0 aliphatic heterocycles. The maximum atomic E-state index is 5.32. The van der Waals surface area contributed by atoms with Crippen LogP contribution < -0.4 is 10.6 Å². The number of hydrogen-bond donors (Lipinski definition) is 2. The van der Waals surface area contributed by atoms with Crippen LogP contribution in [0.3, 0.4) is 0 Å². The third-order valence-electron chi connectivity index (χ3n) is 3.79. The number of aromatic nitrogens is 2. The highest BCUT2D eigenvalue weighted by Gasteiger charge is 2.03. The van der Waals surface area contributed by atoms with E-state index in [0.29, 0.717) is 11.0 Å². The lowest BCUT2D eigenvalue weighted by molar-refractivity contribution is 0.632. The first-order valence-electron chi connectivity index (χ1n) is 7.79. The van der Waals surface area contributed by atoms with E-state index in [-0.39, 0.29) is 0 Å². The predicted octanol–water partition coefficient (Wildman–Crippen LogP) is 3.77. The van der Waals surface area contributed by atoms with Gasteiger partial charge >= 0.3 is 0 Å². The maximum absolute atomic E-state index is 5.32. The Labute approximate surface area is 138 Å². The van der Waals surface area contributed by atoms with Crippen LogP contribution in [0.15, 0.2) is 43.0 Å². The van der Waals surface area contributed by atoms with E-state index in [9.17, 15) is 0 Å². The summed E-state index contributed by atoms with van der Waals surface area (Å²) in [5.74, 6) is 0.599. The molecule has 1 atom stereocenters. The largest absolute Gasteiger partial charge is 0.362 e. The zero-order chi connectivity index (χ0) is 15.8. The Bertz CT molecular complexity index is 563. The summed E-state index contributed by atoms with van der Waals surface area (Å²) in [5.41, 5.74) is 2.39. The zero-order valence-electron chi connectivity index (χ0n) is 13.2. The molecule has 0 aliphatic carbocycles. The van der Waals surface area contributed by atoms with Crippen molar-refractivity contribution in [3.8, 4) is 0 Å². The number of nitrogens with one attached hydrogen (secondary N) is 2. The van der Waals surface area contributed by atoms with Crippen LogP contribution in [0.25, 0.3) is 0 Å². The monoisotopic (exact) mass is 316 g/mol. The fraction of sp³-hybridized carbons (Fsp3) is 0.412. The fourth-order valence-electron chi connectivity index (χ4n) is 2.19. The number of benzene rings is 1. The molecule has 0 bridgehead atoms. The molecule has 0 aliphatic rings. The van der Waals surface area contributed by atoms with Gasteiger partial charge in [0.25, 0.3) is 0 Å². The minimum Gasteiger partial charge on any atom is -0.362 e. The molecule has 0 spiro atoms. The highest BCUT2D eigenvalue weighted by molar-refractivity contribution is 7.80. The fourth-order valence-corrected chi connectivity index (χ4v) is 2.41. The summed E-state index contributed by atoms with van der Waals surface area (Å²) in [6.07, 6.45) is 7.75. The van der Waals surface area contributed by atoms with Gasteiger partial charge in [-0.15, -0.1) is 0 Å². The SMILES string of the molecule is CCC(C)c1ccc(NC(=S)NCCCn2ccnc2)cc1. The second-order valence-corrected chi connectivity index (χ2v) is 5.87. The van der Waals surface area contributed by atoms with Crippen molar-refractivity contribution in [1.29, 1.82) is 0 Å². The van der Waals surface area contributed by atoms with Gasteiger partial charge in [0.1, 0.15) is 0 Å². The quantitative estimate of drug-likeness (QED) is 0.603.